The molecular weight excluding hydrogens is 370 g/mol. The number of rotatable bonds is 3. The number of carbonyl (C=O) groups excluding carboxylic acids is 1. The molecule has 1 fully saturated rings. The van der Waals surface area contributed by atoms with Crippen LogP contribution in [0.5, 0.6) is 0 Å². The summed E-state index contributed by atoms with van der Waals surface area (Å²) in [5, 5.41) is 1.83. The summed E-state index contributed by atoms with van der Waals surface area (Å²) in [5.74, 6) is 0.997. The highest BCUT2D eigenvalue weighted by atomic mass is 35.5. The van der Waals surface area contributed by atoms with Crippen molar-refractivity contribution in [1.29, 1.82) is 0 Å². The van der Waals surface area contributed by atoms with Crippen LogP contribution < -0.4 is 4.90 Å². The van der Waals surface area contributed by atoms with E-state index in [0.717, 1.165) is 30.0 Å². The molecule has 0 radical (unpaired) electrons. The molecule has 0 spiro atoms. The molecule has 4 rings (SSSR count). The van der Waals surface area contributed by atoms with E-state index in [0.29, 0.717) is 18.1 Å². The largest absolute Gasteiger partial charge is 0.353 e. The van der Waals surface area contributed by atoms with E-state index in [9.17, 15) is 4.79 Å². The SMILES string of the molecule is Cc1cc(N2CCN(C(=O)/C=C/c3ccccc3Cl)CC2)nc2ccccc12. The Kier molecular flexibility index (Phi) is 5.31. The van der Waals surface area contributed by atoms with Crippen LogP contribution >= 0.6 is 11.6 Å². The first-order valence-corrected chi connectivity index (χ1v) is 9.82. The second-order valence-corrected chi connectivity index (χ2v) is 7.39. The number of para-hydroxylation sites is 1. The average Bonchev–Trinajstić information content (AvgIpc) is 2.73. The first-order chi connectivity index (χ1) is 13.6. The molecule has 1 saturated heterocycles. The highest BCUT2D eigenvalue weighted by Crippen LogP contribution is 2.23. The molecule has 1 aliphatic heterocycles. The zero-order chi connectivity index (χ0) is 19.5. The molecule has 0 aliphatic carbocycles. The Morgan fingerprint density at radius 1 is 1.04 bits per heavy atom. The lowest BCUT2D eigenvalue weighted by Crippen LogP contribution is -2.48. The smallest absolute Gasteiger partial charge is 0.246 e. The van der Waals surface area contributed by atoms with Gasteiger partial charge in [0.15, 0.2) is 0 Å². The third-order valence-electron chi connectivity index (χ3n) is 5.14. The van der Waals surface area contributed by atoms with E-state index >= 15 is 0 Å². The number of halogens is 1. The van der Waals surface area contributed by atoms with Crippen LogP contribution in [-0.2, 0) is 4.79 Å². The summed E-state index contributed by atoms with van der Waals surface area (Å²) in [6.07, 6.45) is 3.39. The number of nitrogens with zero attached hydrogens (tertiary/aromatic N) is 3. The first kappa shape index (κ1) is 18.5. The molecule has 0 N–H and O–H groups in total. The number of anilines is 1. The molecule has 2 aromatic carbocycles. The Labute approximate surface area is 170 Å². The second-order valence-electron chi connectivity index (χ2n) is 6.98. The average molecular weight is 392 g/mol. The summed E-state index contributed by atoms with van der Waals surface area (Å²) < 4.78 is 0. The normalized spacial score (nSPS) is 14.8. The van der Waals surface area contributed by atoms with E-state index in [1.165, 1.54) is 10.9 Å². The van der Waals surface area contributed by atoms with Gasteiger partial charge in [0.1, 0.15) is 5.82 Å². The fraction of sp³-hybridized carbons (Fsp3) is 0.217. The van der Waals surface area contributed by atoms with E-state index in [2.05, 4.69) is 24.0 Å². The Morgan fingerprint density at radius 2 is 1.75 bits per heavy atom. The maximum absolute atomic E-state index is 12.5. The Hall–Kier alpha value is -2.85. The zero-order valence-corrected chi connectivity index (χ0v) is 16.6. The van der Waals surface area contributed by atoms with Crippen molar-refractivity contribution in [3.63, 3.8) is 0 Å². The lowest BCUT2D eigenvalue weighted by Gasteiger charge is -2.35. The minimum absolute atomic E-state index is 0.0159. The van der Waals surface area contributed by atoms with Gasteiger partial charge < -0.3 is 9.80 Å². The van der Waals surface area contributed by atoms with Crippen molar-refractivity contribution in [3.8, 4) is 0 Å². The van der Waals surface area contributed by atoms with Crippen LogP contribution in [0.4, 0.5) is 5.82 Å². The van der Waals surface area contributed by atoms with Gasteiger partial charge in [-0.25, -0.2) is 4.98 Å². The third-order valence-corrected chi connectivity index (χ3v) is 5.48. The monoisotopic (exact) mass is 391 g/mol. The van der Waals surface area contributed by atoms with E-state index in [-0.39, 0.29) is 5.91 Å². The highest BCUT2D eigenvalue weighted by molar-refractivity contribution is 6.32. The topological polar surface area (TPSA) is 36.4 Å². The Balaban J connectivity index is 1.42. The molecule has 0 saturated carbocycles. The standard InChI is InChI=1S/C23H22ClN3O/c1-17-16-22(25-21-9-5-3-7-19(17)21)26-12-14-27(15-13-26)23(28)11-10-18-6-2-4-8-20(18)24/h2-11,16H,12-15H2,1H3/b11-10+. The van der Waals surface area contributed by atoms with Crippen LogP contribution in [0.3, 0.4) is 0 Å². The number of fused-ring (bicyclic) bond motifs is 1. The summed E-state index contributed by atoms with van der Waals surface area (Å²) in [7, 11) is 0. The molecule has 5 heteroatoms. The van der Waals surface area contributed by atoms with Crippen molar-refractivity contribution in [2.45, 2.75) is 6.92 Å². The molecule has 2 heterocycles. The number of benzene rings is 2. The van der Waals surface area contributed by atoms with Crippen LogP contribution in [0.1, 0.15) is 11.1 Å². The predicted molar refractivity (Wildman–Crippen MR) is 116 cm³/mol. The van der Waals surface area contributed by atoms with Gasteiger partial charge in [-0.2, -0.15) is 0 Å². The van der Waals surface area contributed by atoms with Crippen LogP contribution in [0, 0.1) is 6.92 Å². The number of aryl methyl sites for hydroxylation is 1. The fourth-order valence-corrected chi connectivity index (χ4v) is 3.73. The van der Waals surface area contributed by atoms with Crippen molar-refractivity contribution in [2.24, 2.45) is 0 Å². The van der Waals surface area contributed by atoms with Gasteiger partial charge in [-0.1, -0.05) is 48.0 Å². The minimum atomic E-state index is 0.0159. The zero-order valence-electron chi connectivity index (χ0n) is 15.8. The van der Waals surface area contributed by atoms with Crippen molar-refractivity contribution in [1.82, 2.24) is 9.88 Å². The summed E-state index contributed by atoms with van der Waals surface area (Å²) in [4.78, 5) is 21.4. The molecule has 0 bridgehead atoms. The van der Waals surface area contributed by atoms with Crippen molar-refractivity contribution >= 4 is 40.3 Å². The molecule has 1 amide bonds. The molecule has 1 aromatic heterocycles. The van der Waals surface area contributed by atoms with Crippen LogP contribution in [0.25, 0.3) is 17.0 Å². The van der Waals surface area contributed by atoms with Gasteiger partial charge >= 0.3 is 0 Å². The van der Waals surface area contributed by atoms with Crippen LogP contribution in [-0.4, -0.2) is 42.0 Å². The molecule has 0 unspecified atom stereocenters. The number of carbonyl (C=O) groups is 1. The summed E-state index contributed by atoms with van der Waals surface area (Å²) in [6, 6.07) is 17.8. The van der Waals surface area contributed by atoms with E-state index in [4.69, 9.17) is 16.6 Å². The van der Waals surface area contributed by atoms with Crippen molar-refractivity contribution in [2.75, 3.05) is 31.1 Å². The van der Waals surface area contributed by atoms with Gasteiger partial charge in [0.2, 0.25) is 5.91 Å². The van der Waals surface area contributed by atoms with E-state index in [1.807, 2.05) is 47.4 Å². The van der Waals surface area contributed by atoms with Crippen molar-refractivity contribution in [3.05, 3.63) is 76.8 Å². The second kappa shape index (κ2) is 8.03. The number of hydrogen-bond donors (Lipinski definition) is 0. The van der Waals surface area contributed by atoms with E-state index in [1.54, 1.807) is 12.2 Å². The lowest BCUT2D eigenvalue weighted by atomic mass is 10.1. The molecule has 28 heavy (non-hydrogen) atoms. The number of piperazine rings is 1. The van der Waals surface area contributed by atoms with Gasteiger partial charge in [0.05, 0.1) is 5.52 Å². The maximum atomic E-state index is 12.5. The molecule has 0 atom stereocenters. The summed E-state index contributed by atoms with van der Waals surface area (Å²) >= 11 is 6.14. The Morgan fingerprint density at radius 3 is 2.54 bits per heavy atom. The number of pyridine rings is 1. The first-order valence-electron chi connectivity index (χ1n) is 9.45. The van der Waals surface area contributed by atoms with Crippen LogP contribution in [0.15, 0.2) is 60.7 Å². The van der Waals surface area contributed by atoms with Gasteiger partial charge in [-0.3, -0.25) is 4.79 Å². The fourth-order valence-electron chi connectivity index (χ4n) is 3.53. The van der Waals surface area contributed by atoms with Crippen LogP contribution in [0.2, 0.25) is 5.02 Å². The summed E-state index contributed by atoms with van der Waals surface area (Å²) in [5.41, 5.74) is 3.09. The molecule has 4 nitrogen and oxygen atoms in total. The third kappa shape index (κ3) is 3.87. The van der Waals surface area contributed by atoms with Crippen molar-refractivity contribution < 1.29 is 4.79 Å². The maximum Gasteiger partial charge on any atom is 0.246 e. The van der Waals surface area contributed by atoms with Gasteiger partial charge in [-0.15, -0.1) is 0 Å². The summed E-state index contributed by atoms with van der Waals surface area (Å²) in [6.45, 7) is 5.03. The van der Waals surface area contributed by atoms with E-state index < -0.39 is 0 Å². The minimum Gasteiger partial charge on any atom is -0.353 e. The molecular formula is C23H22ClN3O. The lowest BCUT2D eigenvalue weighted by molar-refractivity contribution is -0.126. The molecule has 3 aromatic rings. The molecule has 142 valence electrons. The number of amides is 1. The molecule has 1 aliphatic rings. The predicted octanol–water partition coefficient (Wildman–Crippen LogP) is 4.56. The number of hydrogen-bond acceptors (Lipinski definition) is 3. The van der Waals surface area contributed by atoms with Gasteiger partial charge in [0, 0.05) is 42.7 Å². The number of aromatic nitrogens is 1. The Bertz CT molecular complexity index is 1040. The van der Waals surface area contributed by atoms with Gasteiger partial charge in [0.25, 0.3) is 0 Å². The quantitative estimate of drug-likeness (QED) is 0.614. The highest BCUT2D eigenvalue weighted by Gasteiger charge is 2.21. The van der Waals surface area contributed by atoms with Gasteiger partial charge in [-0.05, 0) is 42.3 Å².